The molecule has 1 N–H and O–H groups in total. The van der Waals surface area contributed by atoms with Gasteiger partial charge in [-0.25, -0.2) is 0 Å². The third kappa shape index (κ3) is 3.23. The number of halogens is 1. The Morgan fingerprint density at radius 2 is 1.90 bits per heavy atom. The number of anilines is 1. The summed E-state index contributed by atoms with van der Waals surface area (Å²) in [6.45, 7) is 2.48. The average molecular weight is 300 g/mol. The van der Waals surface area contributed by atoms with Crippen molar-refractivity contribution < 1.29 is 4.42 Å². The van der Waals surface area contributed by atoms with Crippen LogP contribution in [0.15, 0.2) is 52.9 Å². The molecule has 0 amide bonds. The number of rotatable bonds is 4. The van der Waals surface area contributed by atoms with Gasteiger partial charge in [-0.2, -0.15) is 0 Å². The fourth-order valence-corrected chi connectivity index (χ4v) is 2.15. The second-order valence-electron chi connectivity index (χ2n) is 4.68. The van der Waals surface area contributed by atoms with E-state index in [0.717, 1.165) is 16.8 Å². The summed E-state index contributed by atoms with van der Waals surface area (Å²) in [7, 11) is 0. The minimum atomic E-state index is 0.459. The summed E-state index contributed by atoms with van der Waals surface area (Å²) in [5, 5.41) is 12.1. The summed E-state index contributed by atoms with van der Waals surface area (Å²) in [5.41, 5.74) is 2.99. The molecule has 0 bridgehead atoms. The summed E-state index contributed by atoms with van der Waals surface area (Å²) in [6.07, 6.45) is 0. The van der Waals surface area contributed by atoms with Gasteiger partial charge < -0.3 is 9.73 Å². The van der Waals surface area contributed by atoms with Gasteiger partial charge in [-0.05, 0) is 36.8 Å². The molecule has 0 spiro atoms. The zero-order valence-corrected chi connectivity index (χ0v) is 12.3. The molecule has 4 nitrogen and oxygen atoms in total. The Morgan fingerprint density at radius 1 is 1.10 bits per heavy atom. The topological polar surface area (TPSA) is 51.0 Å². The summed E-state index contributed by atoms with van der Waals surface area (Å²) in [4.78, 5) is 0. The Labute approximate surface area is 127 Å². The average Bonchev–Trinajstić information content (AvgIpc) is 2.98. The van der Waals surface area contributed by atoms with Gasteiger partial charge in [-0.15, -0.1) is 10.2 Å². The van der Waals surface area contributed by atoms with Crippen molar-refractivity contribution in [2.45, 2.75) is 13.5 Å². The van der Waals surface area contributed by atoms with Crippen LogP contribution in [0.1, 0.15) is 11.5 Å². The molecule has 3 rings (SSSR count). The maximum absolute atomic E-state index is 5.99. The van der Waals surface area contributed by atoms with Gasteiger partial charge in [-0.3, -0.25) is 0 Å². The van der Waals surface area contributed by atoms with Crippen LogP contribution >= 0.6 is 11.6 Å². The second-order valence-corrected chi connectivity index (χ2v) is 5.12. The quantitative estimate of drug-likeness (QED) is 0.780. The van der Waals surface area contributed by atoms with Gasteiger partial charge in [0.2, 0.25) is 11.8 Å². The molecular formula is C16H14ClN3O. The van der Waals surface area contributed by atoms with Crippen LogP contribution in [0.3, 0.4) is 0 Å². The molecule has 0 aliphatic rings. The van der Waals surface area contributed by atoms with E-state index in [9.17, 15) is 0 Å². The minimum absolute atomic E-state index is 0.459. The molecule has 0 aliphatic heterocycles. The second kappa shape index (κ2) is 5.97. The molecule has 5 heteroatoms. The van der Waals surface area contributed by atoms with Crippen LogP contribution in [0.5, 0.6) is 0 Å². The monoisotopic (exact) mass is 299 g/mol. The molecule has 0 saturated heterocycles. The first-order valence-corrected chi connectivity index (χ1v) is 6.98. The highest BCUT2D eigenvalue weighted by Gasteiger charge is 2.08. The predicted molar refractivity (Wildman–Crippen MR) is 83.2 cm³/mol. The Kier molecular flexibility index (Phi) is 3.88. The molecule has 21 heavy (non-hydrogen) atoms. The number of aryl methyl sites for hydroxylation is 1. The molecular weight excluding hydrogens is 286 g/mol. The minimum Gasteiger partial charge on any atom is -0.419 e. The number of aromatic nitrogens is 2. The van der Waals surface area contributed by atoms with Crippen molar-refractivity contribution in [1.29, 1.82) is 0 Å². The van der Waals surface area contributed by atoms with Gasteiger partial charge in [0.25, 0.3) is 0 Å². The van der Waals surface area contributed by atoms with Crippen LogP contribution < -0.4 is 5.32 Å². The highest BCUT2D eigenvalue weighted by molar-refractivity contribution is 6.30. The van der Waals surface area contributed by atoms with Crippen LogP contribution in [-0.4, -0.2) is 10.2 Å². The molecule has 0 aliphatic carbocycles. The van der Waals surface area contributed by atoms with Gasteiger partial charge in [0.1, 0.15) is 0 Å². The van der Waals surface area contributed by atoms with Crippen LogP contribution in [0.25, 0.3) is 11.5 Å². The van der Waals surface area contributed by atoms with Crippen molar-refractivity contribution in [2.75, 3.05) is 5.32 Å². The summed E-state index contributed by atoms with van der Waals surface area (Å²) < 4.78 is 5.64. The van der Waals surface area contributed by atoms with Crippen molar-refractivity contribution in [3.05, 3.63) is 65.0 Å². The maximum atomic E-state index is 5.99. The number of nitrogens with one attached hydrogen (secondary N) is 1. The third-order valence-corrected chi connectivity index (χ3v) is 3.35. The third-order valence-electron chi connectivity index (χ3n) is 3.12. The lowest BCUT2D eigenvalue weighted by Gasteiger charge is -2.07. The van der Waals surface area contributed by atoms with E-state index in [1.807, 2.05) is 55.5 Å². The number of hydrogen-bond acceptors (Lipinski definition) is 4. The molecule has 0 unspecified atom stereocenters. The van der Waals surface area contributed by atoms with Crippen LogP contribution in [-0.2, 0) is 6.54 Å². The Balaban J connectivity index is 1.72. The molecule has 106 valence electrons. The van der Waals surface area contributed by atoms with Gasteiger partial charge in [0.05, 0.1) is 6.54 Å². The van der Waals surface area contributed by atoms with Crippen molar-refractivity contribution >= 4 is 17.3 Å². The molecule has 0 fully saturated rings. The molecule has 1 aromatic heterocycles. The van der Waals surface area contributed by atoms with Crippen LogP contribution in [0, 0.1) is 6.92 Å². The zero-order valence-electron chi connectivity index (χ0n) is 11.5. The normalized spacial score (nSPS) is 10.6. The van der Waals surface area contributed by atoms with E-state index in [0.29, 0.717) is 23.3 Å². The maximum Gasteiger partial charge on any atom is 0.247 e. The lowest BCUT2D eigenvalue weighted by molar-refractivity contribution is 0.515. The first-order chi connectivity index (χ1) is 10.2. The Bertz CT molecular complexity index is 740. The SMILES string of the molecule is Cc1ccc(Cl)cc1NCc1nnc(-c2ccccc2)o1. The van der Waals surface area contributed by atoms with Gasteiger partial charge in [-0.1, -0.05) is 35.9 Å². The predicted octanol–water partition coefficient (Wildman–Crippen LogP) is 4.31. The van der Waals surface area contributed by atoms with Crippen LogP contribution in [0.4, 0.5) is 5.69 Å². The summed E-state index contributed by atoms with van der Waals surface area (Å²) >= 11 is 5.99. The van der Waals surface area contributed by atoms with Gasteiger partial charge in [0.15, 0.2) is 0 Å². The fourth-order valence-electron chi connectivity index (χ4n) is 1.98. The first-order valence-electron chi connectivity index (χ1n) is 6.60. The van der Waals surface area contributed by atoms with E-state index in [-0.39, 0.29) is 0 Å². The summed E-state index contributed by atoms with van der Waals surface area (Å²) in [6, 6.07) is 15.4. The fraction of sp³-hybridized carbons (Fsp3) is 0.125. The largest absolute Gasteiger partial charge is 0.419 e. The number of benzene rings is 2. The Morgan fingerprint density at radius 3 is 2.71 bits per heavy atom. The van der Waals surface area contributed by atoms with E-state index in [1.54, 1.807) is 0 Å². The zero-order chi connectivity index (χ0) is 14.7. The van der Waals surface area contributed by atoms with Crippen molar-refractivity contribution in [3.63, 3.8) is 0 Å². The van der Waals surface area contributed by atoms with E-state index < -0.39 is 0 Å². The lowest BCUT2D eigenvalue weighted by atomic mass is 10.2. The van der Waals surface area contributed by atoms with Gasteiger partial charge in [0, 0.05) is 16.3 Å². The number of nitrogens with zero attached hydrogens (tertiary/aromatic N) is 2. The molecule has 0 saturated carbocycles. The molecule has 3 aromatic rings. The molecule has 0 atom stereocenters. The van der Waals surface area contributed by atoms with Crippen LogP contribution in [0.2, 0.25) is 5.02 Å². The summed E-state index contributed by atoms with van der Waals surface area (Å²) in [5.74, 6) is 1.06. The van der Waals surface area contributed by atoms with Crippen molar-refractivity contribution in [2.24, 2.45) is 0 Å². The van der Waals surface area contributed by atoms with Crippen molar-refractivity contribution in [3.8, 4) is 11.5 Å². The first kappa shape index (κ1) is 13.6. The Hall–Kier alpha value is -2.33. The number of hydrogen-bond donors (Lipinski definition) is 1. The van der Waals surface area contributed by atoms with Crippen molar-refractivity contribution in [1.82, 2.24) is 10.2 Å². The van der Waals surface area contributed by atoms with E-state index in [4.69, 9.17) is 16.0 Å². The van der Waals surface area contributed by atoms with E-state index >= 15 is 0 Å². The van der Waals surface area contributed by atoms with E-state index in [2.05, 4.69) is 15.5 Å². The molecule has 1 heterocycles. The standard InChI is InChI=1S/C16H14ClN3O/c1-11-7-8-13(17)9-14(11)18-10-15-19-20-16(21-15)12-5-3-2-4-6-12/h2-9,18H,10H2,1H3. The molecule has 2 aromatic carbocycles. The molecule has 0 radical (unpaired) electrons. The van der Waals surface area contributed by atoms with E-state index in [1.165, 1.54) is 0 Å². The lowest BCUT2D eigenvalue weighted by Crippen LogP contribution is -2.01. The van der Waals surface area contributed by atoms with Gasteiger partial charge >= 0.3 is 0 Å². The highest BCUT2D eigenvalue weighted by Crippen LogP contribution is 2.21. The smallest absolute Gasteiger partial charge is 0.247 e. The highest BCUT2D eigenvalue weighted by atomic mass is 35.5.